The maximum absolute atomic E-state index is 9.40. The Morgan fingerprint density at radius 1 is 1.53 bits per heavy atom. The first-order valence-electron chi connectivity index (χ1n) is 7.21. The molecule has 19 heavy (non-hydrogen) atoms. The van der Waals surface area contributed by atoms with Crippen molar-refractivity contribution >= 4 is 11.8 Å². The molecule has 2 heteroatoms. The van der Waals surface area contributed by atoms with Gasteiger partial charge in [-0.2, -0.15) is 0 Å². The van der Waals surface area contributed by atoms with Gasteiger partial charge < -0.3 is 5.11 Å². The van der Waals surface area contributed by atoms with E-state index in [2.05, 4.69) is 27.4 Å². The van der Waals surface area contributed by atoms with E-state index in [9.17, 15) is 5.11 Å². The van der Waals surface area contributed by atoms with Crippen LogP contribution < -0.4 is 0 Å². The zero-order chi connectivity index (χ0) is 14.2. The molecule has 2 unspecified atom stereocenters. The Hall–Kier alpha value is -0.470. The second-order valence-corrected chi connectivity index (χ2v) is 7.95. The zero-order valence-corrected chi connectivity index (χ0v) is 13.4. The number of rotatable bonds is 3. The molecule has 2 aliphatic rings. The van der Waals surface area contributed by atoms with Crippen molar-refractivity contribution in [3.63, 3.8) is 0 Å². The molecule has 0 spiro atoms. The molecule has 1 nitrogen and oxygen atoms in total. The van der Waals surface area contributed by atoms with Crippen LogP contribution in [0.15, 0.2) is 34.3 Å². The lowest BCUT2D eigenvalue weighted by Crippen LogP contribution is -2.21. The van der Waals surface area contributed by atoms with Crippen LogP contribution in [0.25, 0.3) is 0 Å². The van der Waals surface area contributed by atoms with Gasteiger partial charge in [0, 0.05) is 5.25 Å². The smallest absolute Gasteiger partial charge is 0.0645 e. The quantitative estimate of drug-likeness (QED) is 0.755. The SMILES string of the molecule is C=C/C(=C(\C)CO)C1SC2=C(CC(C)(C)CC2)C1C. The molecule has 0 amide bonds. The molecule has 0 aromatic carbocycles. The van der Waals surface area contributed by atoms with E-state index in [1.807, 2.05) is 24.8 Å². The number of hydrogen-bond donors (Lipinski definition) is 1. The standard InChI is InChI=1S/C17H26OS/c1-6-13(11(2)10-18)16-12(3)14-9-17(4,5)8-7-15(14)19-16/h6,12,16,18H,1,7-10H2,2-5H3/b13-11-. The Labute approximate surface area is 121 Å². The topological polar surface area (TPSA) is 20.2 Å². The number of thioether (sulfide) groups is 1. The molecule has 0 radical (unpaired) electrons. The van der Waals surface area contributed by atoms with E-state index >= 15 is 0 Å². The molecular formula is C17H26OS. The lowest BCUT2D eigenvalue weighted by molar-refractivity contribution is 0.307. The highest BCUT2D eigenvalue weighted by atomic mass is 32.2. The third-order valence-electron chi connectivity index (χ3n) is 4.59. The molecule has 0 saturated carbocycles. The van der Waals surface area contributed by atoms with Gasteiger partial charge >= 0.3 is 0 Å². The van der Waals surface area contributed by atoms with Gasteiger partial charge in [0.2, 0.25) is 0 Å². The summed E-state index contributed by atoms with van der Waals surface area (Å²) in [6, 6.07) is 0. The van der Waals surface area contributed by atoms with Crippen LogP contribution in [0.4, 0.5) is 0 Å². The third kappa shape index (κ3) is 2.85. The fourth-order valence-corrected chi connectivity index (χ4v) is 4.99. The van der Waals surface area contributed by atoms with Gasteiger partial charge in [0.05, 0.1) is 6.61 Å². The first-order valence-corrected chi connectivity index (χ1v) is 8.09. The van der Waals surface area contributed by atoms with Crippen LogP contribution in [0.3, 0.4) is 0 Å². The molecule has 0 fully saturated rings. The normalized spacial score (nSPS) is 31.0. The second kappa shape index (κ2) is 5.49. The summed E-state index contributed by atoms with van der Waals surface area (Å²) in [5, 5.41) is 9.86. The van der Waals surface area contributed by atoms with Gasteiger partial charge in [0.15, 0.2) is 0 Å². The highest BCUT2D eigenvalue weighted by Crippen LogP contribution is 2.55. The van der Waals surface area contributed by atoms with Crippen molar-refractivity contribution in [1.29, 1.82) is 0 Å². The zero-order valence-electron chi connectivity index (χ0n) is 12.6. The third-order valence-corrected chi connectivity index (χ3v) is 6.25. The molecule has 2 rings (SSSR count). The van der Waals surface area contributed by atoms with Crippen LogP contribution in [0.1, 0.15) is 47.0 Å². The minimum Gasteiger partial charge on any atom is -0.392 e. The Morgan fingerprint density at radius 2 is 2.21 bits per heavy atom. The van der Waals surface area contributed by atoms with E-state index in [-0.39, 0.29) is 6.61 Å². The van der Waals surface area contributed by atoms with Crippen LogP contribution in [0.5, 0.6) is 0 Å². The average Bonchev–Trinajstić information content (AvgIpc) is 2.67. The summed E-state index contributed by atoms with van der Waals surface area (Å²) >= 11 is 2.02. The maximum atomic E-state index is 9.40. The van der Waals surface area contributed by atoms with Gasteiger partial charge in [-0.3, -0.25) is 0 Å². The summed E-state index contributed by atoms with van der Waals surface area (Å²) < 4.78 is 0. The summed E-state index contributed by atoms with van der Waals surface area (Å²) in [4.78, 5) is 1.61. The van der Waals surface area contributed by atoms with Gasteiger partial charge in [-0.1, -0.05) is 39.0 Å². The summed E-state index contributed by atoms with van der Waals surface area (Å²) in [5.74, 6) is 0.578. The van der Waals surface area contributed by atoms with Crippen LogP contribution in [0.2, 0.25) is 0 Å². The molecule has 0 bridgehead atoms. The molecule has 2 atom stereocenters. The predicted octanol–water partition coefficient (Wildman–Crippen LogP) is 4.70. The van der Waals surface area contributed by atoms with Crippen LogP contribution in [0, 0.1) is 11.3 Å². The van der Waals surface area contributed by atoms with Gasteiger partial charge in [-0.25, -0.2) is 0 Å². The molecule has 1 heterocycles. The molecule has 0 aromatic rings. The van der Waals surface area contributed by atoms with Gasteiger partial charge in [0.1, 0.15) is 0 Å². The largest absolute Gasteiger partial charge is 0.392 e. The van der Waals surface area contributed by atoms with Crippen molar-refractivity contribution < 1.29 is 5.11 Å². The predicted molar refractivity (Wildman–Crippen MR) is 85.2 cm³/mol. The summed E-state index contributed by atoms with van der Waals surface area (Å²) in [6.07, 6.45) is 5.71. The van der Waals surface area contributed by atoms with E-state index < -0.39 is 0 Å². The fraction of sp³-hybridized carbons (Fsp3) is 0.647. The fourth-order valence-electron chi connectivity index (χ4n) is 3.26. The highest BCUT2D eigenvalue weighted by Gasteiger charge is 2.39. The molecule has 1 aliphatic carbocycles. The Morgan fingerprint density at radius 3 is 2.79 bits per heavy atom. The molecule has 0 aromatic heterocycles. The monoisotopic (exact) mass is 278 g/mol. The summed E-state index contributed by atoms with van der Waals surface area (Å²) in [7, 11) is 0. The van der Waals surface area contributed by atoms with Crippen molar-refractivity contribution in [3.05, 3.63) is 34.3 Å². The van der Waals surface area contributed by atoms with Gasteiger partial charge in [-0.15, -0.1) is 11.8 Å². The van der Waals surface area contributed by atoms with Crippen LogP contribution >= 0.6 is 11.8 Å². The van der Waals surface area contributed by atoms with Crippen molar-refractivity contribution in [2.24, 2.45) is 11.3 Å². The minimum absolute atomic E-state index is 0.140. The van der Waals surface area contributed by atoms with E-state index in [0.717, 1.165) is 5.57 Å². The highest BCUT2D eigenvalue weighted by molar-refractivity contribution is 8.04. The van der Waals surface area contributed by atoms with Crippen LogP contribution in [-0.2, 0) is 0 Å². The number of allylic oxidation sites excluding steroid dienone is 3. The summed E-state index contributed by atoms with van der Waals surface area (Å²) in [5.41, 5.74) is 4.43. The number of aliphatic hydroxyl groups is 1. The number of aliphatic hydroxyl groups excluding tert-OH is 1. The molecule has 1 aliphatic heterocycles. The lowest BCUT2D eigenvalue weighted by atomic mass is 9.73. The average molecular weight is 278 g/mol. The van der Waals surface area contributed by atoms with Crippen molar-refractivity contribution in [2.75, 3.05) is 6.61 Å². The van der Waals surface area contributed by atoms with E-state index in [0.29, 0.717) is 16.6 Å². The first-order chi connectivity index (χ1) is 8.89. The second-order valence-electron chi connectivity index (χ2n) is 6.71. The Bertz CT molecular complexity index is 442. The Balaban J connectivity index is 2.26. The molecule has 106 valence electrons. The van der Waals surface area contributed by atoms with E-state index in [1.54, 1.807) is 10.5 Å². The summed E-state index contributed by atoms with van der Waals surface area (Å²) in [6.45, 7) is 13.2. The lowest BCUT2D eigenvalue weighted by Gasteiger charge is -2.32. The molecular weight excluding hydrogens is 252 g/mol. The van der Waals surface area contributed by atoms with E-state index in [4.69, 9.17) is 0 Å². The molecule has 0 saturated heterocycles. The maximum Gasteiger partial charge on any atom is 0.0645 e. The van der Waals surface area contributed by atoms with Gasteiger partial charge in [0.25, 0.3) is 0 Å². The Kier molecular flexibility index (Phi) is 4.32. The van der Waals surface area contributed by atoms with Crippen molar-refractivity contribution in [3.8, 4) is 0 Å². The molecule has 1 N–H and O–H groups in total. The van der Waals surface area contributed by atoms with E-state index in [1.165, 1.54) is 24.8 Å². The van der Waals surface area contributed by atoms with Gasteiger partial charge in [-0.05, 0) is 53.6 Å². The first kappa shape index (κ1) is 14.9. The van der Waals surface area contributed by atoms with Crippen molar-refractivity contribution in [2.45, 2.75) is 52.2 Å². The van der Waals surface area contributed by atoms with Crippen LogP contribution in [-0.4, -0.2) is 17.0 Å². The number of hydrogen-bond acceptors (Lipinski definition) is 2. The van der Waals surface area contributed by atoms with Crippen molar-refractivity contribution in [1.82, 2.24) is 0 Å². The minimum atomic E-state index is 0.140.